The normalized spacial score (nSPS) is 16.7. The zero-order chi connectivity index (χ0) is 28.5. The molecule has 2 amide bonds. The van der Waals surface area contributed by atoms with Crippen LogP contribution in [0.4, 0.5) is 13.2 Å². The maximum atomic E-state index is 12.8. The van der Waals surface area contributed by atoms with Crippen LogP contribution in [0.2, 0.25) is 0 Å². The Balaban J connectivity index is 0.000000638. The van der Waals surface area contributed by atoms with Crippen LogP contribution in [-0.2, 0) is 14.4 Å². The van der Waals surface area contributed by atoms with Crippen molar-refractivity contribution in [2.45, 2.75) is 20.0 Å². The second-order valence-electron chi connectivity index (χ2n) is 8.10. The van der Waals surface area contributed by atoms with E-state index in [1.807, 2.05) is 24.0 Å². The van der Waals surface area contributed by atoms with Gasteiger partial charge in [-0.3, -0.25) is 19.5 Å². The maximum absolute atomic E-state index is 12.8. The summed E-state index contributed by atoms with van der Waals surface area (Å²) in [6.07, 6.45) is -1.72. The Morgan fingerprint density at radius 1 is 1.26 bits per heavy atom. The first-order valence-electron chi connectivity index (χ1n) is 11.3. The second kappa shape index (κ2) is 13.8. The predicted octanol–water partition coefficient (Wildman–Crippen LogP) is 2.92. The Hall–Kier alpha value is -3.65. The van der Waals surface area contributed by atoms with E-state index in [9.17, 15) is 27.9 Å². The van der Waals surface area contributed by atoms with Crippen molar-refractivity contribution < 1.29 is 37.8 Å². The highest BCUT2D eigenvalue weighted by molar-refractivity contribution is 9.10. The van der Waals surface area contributed by atoms with E-state index >= 15 is 0 Å². The van der Waals surface area contributed by atoms with Crippen molar-refractivity contribution in [3.63, 3.8) is 0 Å². The molecule has 0 saturated carbocycles. The maximum Gasteiger partial charge on any atom is 0.490 e. The minimum absolute atomic E-state index is 0.00806. The second-order valence-corrected chi connectivity index (χ2v) is 9.02. The predicted molar refractivity (Wildman–Crippen MR) is 138 cm³/mol. The summed E-state index contributed by atoms with van der Waals surface area (Å²) in [5.74, 6) is -2.96. The lowest BCUT2D eigenvalue weighted by Crippen LogP contribution is -2.49. The van der Waals surface area contributed by atoms with E-state index in [1.165, 1.54) is 0 Å². The van der Waals surface area contributed by atoms with Crippen LogP contribution in [0.1, 0.15) is 19.4 Å². The minimum Gasteiger partial charge on any atom is -0.494 e. The van der Waals surface area contributed by atoms with Crippen LogP contribution in [0, 0.1) is 0 Å². The number of aliphatic carboxylic acids is 1. The van der Waals surface area contributed by atoms with Gasteiger partial charge in [0.25, 0.3) is 5.91 Å². The van der Waals surface area contributed by atoms with Crippen molar-refractivity contribution in [2.75, 3.05) is 32.7 Å². The Labute approximate surface area is 224 Å². The Morgan fingerprint density at radius 3 is 2.58 bits per heavy atom. The first-order chi connectivity index (χ1) is 17.8. The average molecular weight is 602 g/mol. The Kier molecular flexibility index (Phi) is 11.1. The van der Waals surface area contributed by atoms with Crippen molar-refractivity contribution in [1.82, 2.24) is 20.5 Å². The van der Waals surface area contributed by atoms with Gasteiger partial charge in [0.05, 0.1) is 23.5 Å². The zero-order valence-corrected chi connectivity index (χ0v) is 22.1. The molecule has 0 radical (unpaired) electrons. The van der Waals surface area contributed by atoms with Gasteiger partial charge in [0, 0.05) is 42.4 Å². The first kappa shape index (κ1) is 30.6. The van der Waals surface area contributed by atoms with Crippen LogP contribution >= 0.6 is 15.9 Å². The smallest absolute Gasteiger partial charge is 0.490 e. The van der Waals surface area contributed by atoms with Crippen molar-refractivity contribution in [3.8, 4) is 5.88 Å². The number of aromatic nitrogens is 1. The molecule has 38 heavy (non-hydrogen) atoms. The van der Waals surface area contributed by atoms with Crippen LogP contribution in [0.3, 0.4) is 0 Å². The van der Waals surface area contributed by atoms with Crippen LogP contribution in [0.15, 0.2) is 56.8 Å². The fourth-order valence-corrected chi connectivity index (χ4v) is 3.70. The van der Waals surface area contributed by atoms with Crippen LogP contribution < -0.4 is 10.6 Å². The molecule has 1 fully saturated rings. The fourth-order valence-electron chi connectivity index (χ4n) is 3.41. The fraction of sp³-hybridized carbons (Fsp3) is 0.333. The van der Waals surface area contributed by atoms with E-state index in [-0.39, 0.29) is 17.7 Å². The van der Waals surface area contributed by atoms with E-state index in [4.69, 9.17) is 9.90 Å². The van der Waals surface area contributed by atoms with Crippen molar-refractivity contribution in [3.05, 3.63) is 57.3 Å². The Morgan fingerprint density at radius 2 is 1.95 bits per heavy atom. The third kappa shape index (κ3) is 9.34. The van der Waals surface area contributed by atoms with E-state index in [2.05, 4.69) is 36.5 Å². The van der Waals surface area contributed by atoms with Gasteiger partial charge in [0.1, 0.15) is 0 Å². The molecule has 0 spiro atoms. The molecule has 2 aliphatic heterocycles. The highest BCUT2D eigenvalue weighted by Gasteiger charge is 2.38. The SMILES string of the molecule is CC1=NC(=Cc2ccc(Br)ccc[nH]c2O)C(C)=C1C(=O)NCCN1CCNC(=O)C1.O=C(O)C(F)(F)F. The lowest BCUT2D eigenvalue weighted by atomic mass is 10.0. The van der Waals surface area contributed by atoms with Gasteiger partial charge in [-0.1, -0.05) is 15.9 Å². The van der Waals surface area contributed by atoms with E-state index < -0.39 is 12.1 Å². The number of aromatic hydroxyl groups is 1. The number of carbonyl (C=O) groups is 3. The average Bonchev–Trinajstić information content (AvgIpc) is 3.14. The molecule has 1 aromatic heterocycles. The molecule has 2 aliphatic rings. The molecule has 0 unspecified atom stereocenters. The van der Waals surface area contributed by atoms with Gasteiger partial charge in [-0.15, -0.1) is 0 Å². The zero-order valence-electron chi connectivity index (χ0n) is 20.5. The van der Waals surface area contributed by atoms with Crippen LogP contribution in [0.5, 0.6) is 5.88 Å². The molecule has 3 rings (SSSR count). The lowest BCUT2D eigenvalue weighted by Gasteiger charge is -2.26. The number of allylic oxidation sites excluding steroid dienone is 1. The lowest BCUT2D eigenvalue weighted by molar-refractivity contribution is -0.192. The van der Waals surface area contributed by atoms with Gasteiger partial charge in [-0.25, -0.2) is 4.79 Å². The number of halogens is 4. The van der Waals surface area contributed by atoms with Gasteiger partial charge < -0.3 is 25.8 Å². The quantitative estimate of drug-likeness (QED) is 0.350. The summed E-state index contributed by atoms with van der Waals surface area (Å²) in [5, 5.41) is 23.2. The number of carboxylic acid groups (broad SMARTS) is 1. The van der Waals surface area contributed by atoms with E-state index in [0.717, 1.165) is 16.6 Å². The van der Waals surface area contributed by atoms with Crippen molar-refractivity contribution in [1.29, 1.82) is 0 Å². The number of aromatic amines is 1. The number of nitrogens with one attached hydrogen (secondary N) is 3. The Bertz CT molecular complexity index is 1220. The number of piperazine rings is 1. The van der Waals surface area contributed by atoms with Crippen LogP contribution in [0.25, 0.3) is 6.08 Å². The summed E-state index contributed by atoms with van der Waals surface area (Å²) in [6, 6.07) is 7.18. The summed E-state index contributed by atoms with van der Waals surface area (Å²) in [4.78, 5) is 42.5. The third-order valence-electron chi connectivity index (χ3n) is 5.27. The molecule has 0 bridgehead atoms. The summed E-state index contributed by atoms with van der Waals surface area (Å²) in [5.41, 5.74) is 3.05. The standard InChI is InChI=1S/C22H26BrN5O3.C2HF3O2/c1-14-18(12-16-5-6-17(23)4-3-7-25-21(16)30)27-15(2)20(14)22(31)26-9-11-28-10-8-24-19(29)13-28;3-2(4,5)1(6)7/h3-7,12,25,30H,8-11,13H2,1-2H3,(H,24,29)(H,26,31);(H,6,7). The molecule has 1 aromatic rings. The number of hydrogen-bond donors (Lipinski definition) is 5. The summed E-state index contributed by atoms with van der Waals surface area (Å²) in [7, 11) is 0. The minimum atomic E-state index is -5.08. The van der Waals surface area contributed by atoms with Gasteiger partial charge in [-0.2, -0.15) is 13.2 Å². The molecular weight excluding hydrogens is 575 g/mol. The highest BCUT2D eigenvalue weighted by Crippen LogP contribution is 2.28. The number of carboxylic acids is 1. The van der Waals surface area contributed by atoms with Crippen molar-refractivity contribution in [2.24, 2.45) is 4.99 Å². The third-order valence-corrected chi connectivity index (χ3v) is 5.80. The summed E-state index contributed by atoms with van der Waals surface area (Å²) in [6.45, 7) is 6.45. The molecule has 0 aliphatic carbocycles. The van der Waals surface area contributed by atoms with Gasteiger partial charge in [-0.05, 0) is 49.8 Å². The first-order valence-corrected chi connectivity index (χ1v) is 12.0. The number of carbonyl (C=O) groups excluding carboxylic acids is 2. The number of amides is 2. The number of nitrogens with zero attached hydrogens (tertiary/aromatic N) is 2. The molecule has 206 valence electrons. The monoisotopic (exact) mass is 601 g/mol. The van der Waals surface area contributed by atoms with Gasteiger partial charge in [0.15, 0.2) is 5.88 Å². The number of alkyl halides is 3. The van der Waals surface area contributed by atoms with Gasteiger partial charge >= 0.3 is 12.1 Å². The van der Waals surface area contributed by atoms with Crippen LogP contribution in [-0.4, -0.2) is 82.5 Å². The molecule has 0 atom stereocenters. The molecule has 5 N–H and O–H groups in total. The summed E-state index contributed by atoms with van der Waals surface area (Å²) >= 11 is 3.43. The van der Waals surface area contributed by atoms with E-state index in [1.54, 1.807) is 31.3 Å². The highest BCUT2D eigenvalue weighted by atomic mass is 79.9. The molecule has 10 nitrogen and oxygen atoms in total. The molecule has 3 heterocycles. The molecule has 14 heteroatoms. The topological polar surface area (TPSA) is 147 Å². The molecule has 1 saturated heterocycles. The summed E-state index contributed by atoms with van der Waals surface area (Å²) < 4.78 is 32.6. The van der Waals surface area contributed by atoms with Crippen molar-refractivity contribution >= 4 is 45.5 Å². The van der Waals surface area contributed by atoms with Gasteiger partial charge in [0.2, 0.25) is 5.91 Å². The number of rotatable bonds is 5. The van der Waals surface area contributed by atoms with E-state index in [0.29, 0.717) is 48.7 Å². The largest absolute Gasteiger partial charge is 0.494 e. The molecule has 0 aromatic carbocycles. The number of hydrogen-bond acceptors (Lipinski definition) is 6. The number of aliphatic imine (C=N–C) groups is 1. The number of H-pyrrole nitrogens is 1. The molecular formula is C24H27BrF3N5O5.